The van der Waals surface area contributed by atoms with Crippen molar-refractivity contribution in [3.05, 3.63) is 392 Å². The summed E-state index contributed by atoms with van der Waals surface area (Å²) in [5.41, 5.74) is 25.4. The molecule has 8 heterocycles. The van der Waals surface area contributed by atoms with E-state index in [1.54, 1.807) is 0 Å². The Balaban J connectivity index is 0.0000000930. The SMILES string of the molecule is Cc1ccc(-n2c3ccccc3c3c4c(ccc32)oc2ccccc24)cc1.Cc1ccc(-n2c3ccccc3c3c4c(ccc32)sc2ccccc24)cc1.Cc1cccc(-n2c3ccccc3c3c4c(ccc32)sc2ccccc24)c1.Cc1cccc(-n2c3ccccc3c3cc4c5ccccc5n(-c5ccccc5)c4cc32)c1. The van der Waals surface area contributed by atoms with Crippen LogP contribution in [-0.4, -0.2) is 22.8 Å². The molecule has 0 fully saturated rings. The fraction of sp³-hybridized carbons (Fsp3) is 0.0377. The van der Waals surface area contributed by atoms with E-state index < -0.39 is 0 Å². The summed E-state index contributed by atoms with van der Waals surface area (Å²) in [5.74, 6) is 0. The quantitative estimate of drug-likeness (QED) is 0.169. The van der Waals surface area contributed by atoms with Gasteiger partial charge in [-0.25, -0.2) is 0 Å². The first-order valence-electron chi connectivity index (χ1n) is 39.0. The highest BCUT2D eigenvalue weighted by atomic mass is 32.1. The molecule has 0 amide bonds. The van der Waals surface area contributed by atoms with Gasteiger partial charge in [-0.3, -0.25) is 0 Å². The number of para-hydroxylation sites is 7. The molecule has 540 valence electrons. The van der Waals surface area contributed by atoms with Gasteiger partial charge >= 0.3 is 0 Å². The van der Waals surface area contributed by atoms with Gasteiger partial charge in [0.2, 0.25) is 0 Å². The lowest BCUT2D eigenvalue weighted by atomic mass is 10.1. The van der Waals surface area contributed by atoms with Gasteiger partial charge in [0.15, 0.2) is 0 Å². The lowest BCUT2D eigenvalue weighted by Crippen LogP contribution is -1.96. The maximum atomic E-state index is 6.13. The number of aryl methyl sites for hydroxylation is 4. The molecule has 0 saturated carbocycles. The van der Waals surface area contributed by atoms with Crippen LogP contribution >= 0.6 is 22.7 Å². The topological polar surface area (TPSA) is 37.8 Å². The molecule has 0 saturated heterocycles. The third-order valence-corrected chi connectivity index (χ3v) is 25.4. The highest BCUT2D eigenvalue weighted by Crippen LogP contribution is 2.48. The number of furan rings is 1. The number of hydrogen-bond donors (Lipinski definition) is 0. The molecule has 0 aliphatic rings. The predicted molar refractivity (Wildman–Crippen MR) is 489 cm³/mol. The molecule has 0 radical (unpaired) electrons. The maximum Gasteiger partial charge on any atom is 0.136 e. The molecule has 0 atom stereocenters. The number of fused-ring (bicyclic) bond motifs is 27. The lowest BCUT2D eigenvalue weighted by molar-refractivity contribution is 0.669. The maximum absolute atomic E-state index is 6.13. The molecule has 0 spiro atoms. The van der Waals surface area contributed by atoms with Crippen molar-refractivity contribution in [3.63, 3.8) is 0 Å². The molecule has 0 unspecified atom stereocenters. The normalized spacial score (nSPS) is 11.9. The lowest BCUT2D eigenvalue weighted by Gasteiger charge is -2.10. The number of aromatic nitrogens is 5. The first-order valence-corrected chi connectivity index (χ1v) is 40.7. The van der Waals surface area contributed by atoms with Crippen molar-refractivity contribution in [2.45, 2.75) is 27.7 Å². The van der Waals surface area contributed by atoms with Crippen molar-refractivity contribution in [1.82, 2.24) is 22.8 Å². The summed E-state index contributed by atoms with van der Waals surface area (Å²) >= 11 is 3.77. The average Bonchev–Trinajstić information content (AvgIpc) is 1.58. The zero-order valence-corrected chi connectivity index (χ0v) is 64.8. The van der Waals surface area contributed by atoms with Gasteiger partial charge in [-0.1, -0.05) is 223 Å². The zero-order chi connectivity index (χ0) is 75.8. The summed E-state index contributed by atoms with van der Waals surface area (Å²) in [6.45, 7) is 8.57. The Labute approximate surface area is 664 Å². The average molecular weight is 1500 g/mol. The standard InChI is InChI=1S/C31H22N2.C25H17NO.2C25H17NS/c1-21-10-9-13-23(18-21)33-29-17-8-6-15-25(29)27-19-26-24-14-5-7-16-28(24)32(30(26)20-31(27)33)22-11-3-2-4-12-22;1-16-10-12-17(13-11-16)26-20-8-4-2-6-18(20)24-21(26)14-15-23-25(24)19-7-3-5-9-22(19)27-23;1-16-7-6-8-17(15-16)26-20-11-4-2-9-18(20)24-21(26)13-14-23-25(24)19-10-3-5-12-22(19)27-23;1-16-10-12-17(13-11-16)26-20-8-4-2-6-18(20)24-21(26)14-15-23-25(24)19-7-3-5-9-22(19)27-23/h2-20H,1H3;3*2-15H,1H3. The smallest absolute Gasteiger partial charge is 0.136 e. The van der Waals surface area contributed by atoms with Crippen LogP contribution in [0.4, 0.5) is 0 Å². The molecule has 114 heavy (non-hydrogen) atoms. The molecule has 8 heteroatoms. The van der Waals surface area contributed by atoms with Crippen LogP contribution in [0.2, 0.25) is 0 Å². The van der Waals surface area contributed by atoms with E-state index in [9.17, 15) is 0 Å². The van der Waals surface area contributed by atoms with Crippen molar-refractivity contribution >= 4 is 194 Å². The Morgan fingerprint density at radius 1 is 0.175 bits per heavy atom. The number of benzene rings is 17. The van der Waals surface area contributed by atoms with Crippen LogP contribution in [0.15, 0.2) is 374 Å². The Hall–Kier alpha value is -14.0. The number of thiophene rings is 2. The van der Waals surface area contributed by atoms with Crippen LogP contribution in [-0.2, 0) is 0 Å². The third kappa shape index (κ3) is 10.7. The second-order valence-corrected chi connectivity index (χ2v) is 32.3. The monoisotopic (exact) mass is 1500 g/mol. The molecular weight excluding hydrogens is 1420 g/mol. The van der Waals surface area contributed by atoms with Crippen molar-refractivity contribution in [3.8, 4) is 28.4 Å². The van der Waals surface area contributed by atoms with Gasteiger partial charge < -0.3 is 27.3 Å². The van der Waals surface area contributed by atoms with E-state index in [0.717, 1.165) is 11.2 Å². The minimum absolute atomic E-state index is 0.937. The fourth-order valence-electron chi connectivity index (χ4n) is 18.1. The third-order valence-electron chi connectivity index (χ3n) is 23.1. The van der Waals surface area contributed by atoms with E-state index in [4.69, 9.17) is 4.42 Å². The molecule has 17 aromatic carbocycles. The van der Waals surface area contributed by atoms with Crippen LogP contribution in [0.5, 0.6) is 0 Å². The first kappa shape index (κ1) is 66.9. The van der Waals surface area contributed by atoms with E-state index in [1.165, 1.54) is 211 Å². The minimum atomic E-state index is 0.937. The fourth-order valence-corrected chi connectivity index (χ4v) is 20.4. The number of hydrogen-bond acceptors (Lipinski definition) is 3. The Bertz CT molecular complexity index is 7920. The minimum Gasteiger partial charge on any atom is -0.456 e. The second kappa shape index (κ2) is 26.9. The highest BCUT2D eigenvalue weighted by molar-refractivity contribution is 7.26. The van der Waals surface area contributed by atoms with E-state index in [-0.39, 0.29) is 0 Å². The van der Waals surface area contributed by atoms with Gasteiger partial charge in [0.05, 0.1) is 55.2 Å². The van der Waals surface area contributed by atoms with Gasteiger partial charge in [0, 0.05) is 133 Å². The Kier molecular flexibility index (Phi) is 15.8. The molecule has 0 bridgehead atoms. The van der Waals surface area contributed by atoms with Crippen LogP contribution in [0.25, 0.3) is 200 Å². The van der Waals surface area contributed by atoms with E-state index in [1.807, 2.05) is 34.8 Å². The van der Waals surface area contributed by atoms with E-state index >= 15 is 0 Å². The van der Waals surface area contributed by atoms with Crippen LogP contribution in [0.1, 0.15) is 22.3 Å². The van der Waals surface area contributed by atoms with Gasteiger partial charge in [-0.05, 0) is 197 Å². The largest absolute Gasteiger partial charge is 0.456 e. The van der Waals surface area contributed by atoms with Gasteiger partial charge in [-0.2, -0.15) is 0 Å². The van der Waals surface area contributed by atoms with Crippen molar-refractivity contribution < 1.29 is 4.42 Å². The molecule has 25 rings (SSSR count). The molecular formula is C106H73N5OS2. The molecule has 6 nitrogen and oxygen atoms in total. The molecule has 25 aromatic rings. The van der Waals surface area contributed by atoms with Crippen LogP contribution in [0.3, 0.4) is 0 Å². The zero-order valence-electron chi connectivity index (χ0n) is 63.2. The number of rotatable bonds is 5. The Morgan fingerprint density at radius 2 is 0.518 bits per heavy atom. The summed E-state index contributed by atoms with van der Waals surface area (Å²) in [5, 5.41) is 20.9. The molecule has 0 aliphatic heterocycles. The van der Waals surface area contributed by atoms with Crippen LogP contribution < -0.4 is 0 Å². The summed E-state index contributed by atoms with van der Waals surface area (Å²) in [7, 11) is 0. The Morgan fingerprint density at radius 3 is 0.982 bits per heavy atom. The predicted octanol–water partition coefficient (Wildman–Crippen LogP) is 30.1. The van der Waals surface area contributed by atoms with Crippen LogP contribution in [0, 0.1) is 27.7 Å². The summed E-state index contributed by atoms with van der Waals surface area (Å²) in [6, 6.07) is 133. The van der Waals surface area contributed by atoms with Crippen molar-refractivity contribution in [2.75, 3.05) is 0 Å². The van der Waals surface area contributed by atoms with E-state index in [0.29, 0.717) is 0 Å². The first-order chi connectivity index (χ1) is 56.2. The molecule has 0 N–H and O–H groups in total. The van der Waals surface area contributed by atoms with Crippen molar-refractivity contribution in [1.29, 1.82) is 0 Å². The summed E-state index contributed by atoms with van der Waals surface area (Å²) in [4.78, 5) is 0. The molecule has 0 aliphatic carbocycles. The van der Waals surface area contributed by atoms with Gasteiger partial charge in [-0.15, -0.1) is 22.7 Å². The van der Waals surface area contributed by atoms with E-state index in [2.05, 4.69) is 408 Å². The highest BCUT2D eigenvalue weighted by Gasteiger charge is 2.24. The summed E-state index contributed by atoms with van der Waals surface area (Å²) < 4.78 is 23.5. The van der Waals surface area contributed by atoms with Gasteiger partial charge in [0.1, 0.15) is 11.2 Å². The number of nitrogens with zero attached hydrogens (tertiary/aromatic N) is 5. The van der Waals surface area contributed by atoms with Gasteiger partial charge in [0.25, 0.3) is 0 Å². The summed E-state index contributed by atoms with van der Waals surface area (Å²) in [6.07, 6.45) is 0. The second-order valence-electron chi connectivity index (χ2n) is 30.1. The van der Waals surface area contributed by atoms with Crippen molar-refractivity contribution in [2.24, 2.45) is 0 Å². The molecule has 8 aromatic heterocycles.